The summed E-state index contributed by atoms with van der Waals surface area (Å²) in [6.45, 7) is 4.17. The SMILES string of the molecule is COc1ccc(CN(C2CC2)S(=O)(=O)c2cc(C)ccc2C)cc1. The van der Waals surface area contributed by atoms with Gasteiger partial charge in [0, 0.05) is 12.6 Å². The lowest BCUT2D eigenvalue weighted by Crippen LogP contribution is -2.33. The topological polar surface area (TPSA) is 46.6 Å². The molecule has 1 aliphatic rings. The fourth-order valence-electron chi connectivity index (χ4n) is 2.80. The second-order valence-electron chi connectivity index (χ2n) is 6.40. The highest BCUT2D eigenvalue weighted by atomic mass is 32.2. The van der Waals surface area contributed by atoms with Crippen molar-refractivity contribution in [2.75, 3.05) is 7.11 Å². The molecular formula is C19H23NO3S. The van der Waals surface area contributed by atoms with E-state index < -0.39 is 10.0 Å². The molecule has 2 aromatic rings. The number of sulfonamides is 1. The van der Waals surface area contributed by atoms with Gasteiger partial charge >= 0.3 is 0 Å². The van der Waals surface area contributed by atoms with Crippen LogP contribution in [0, 0.1) is 13.8 Å². The van der Waals surface area contributed by atoms with Crippen LogP contribution in [0.1, 0.15) is 29.5 Å². The molecule has 0 aromatic heterocycles. The maximum atomic E-state index is 13.2. The Hall–Kier alpha value is -1.85. The molecule has 1 fully saturated rings. The minimum atomic E-state index is -3.50. The van der Waals surface area contributed by atoms with E-state index in [-0.39, 0.29) is 6.04 Å². The first-order valence-electron chi connectivity index (χ1n) is 8.14. The zero-order chi connectivity index (χ0) is 17.3. The van der Waals surface area contributed by atoms with Gasteiger partial charge < -0.3 is 4.74 Å². The van der Waals surface area contributed by atoms with Crippen molar-refractivity contribution in [3.8, 4) is 5.75 Å². The fraction of sp³-hybridized carbons (Fsp3) is 0.368. The quantitative estimate of drug-likeness (QED) is 0.802. The molecule has 3 rings (SSSR count). The Bertz CT molecular complexity index is 824. The predicted molar refractivity (Wildman–Crippen MR) is 94.7 cm³/mol. The van der Waals surface area contributed by atoms with Crippen molar-refractivity contribution in [3.05, 3.63) is 59.2 Å². The lowest BCUT2D eigenvalue weighted by Gasteiger charge is -2.23. The summed E-state index contributed by atoms with van der Waals surface area (Å²) in [6.07, 6.45) is 1.86. The minimum Gasteiger partial charge on any atom is -0.497 e. The number of nitrogens with zero attached hydrogens (tertiary/aromatic N) is 1. The molecule has 0 N–H and O–H groups in total. The lowest BCUT2D eigenvalue weighted by atomic mass is 10.2. The summed E-state index contributed by atoms with van der Waals surface area (Å²) in [5, 5.41) is 0. The van der Waals surface area contributed by atoms with Crippen LogP contribution in [-0.2, 0) is 16.6 Å². The third kappa shape index (κ3) is 3.47. The molecule has 1 saturated carbocycles. The van der Waals surface area contributed by atoms with Crippen LogP contribution >= 0.6 is 0 Å². The van der Waals surface area contributed by atoms with Gasteiger partial charge in [-0.3, -0.25) is 0 Å². The summed E-state index contributed by atoms with van der Waals surface area (Å²) in [4.78, 5) is 0.419. The van der Waals surface area contributed by atoms with Gasteiger partial charge in [0.05, 0.1) is 12.0 Å². The average molecular weight is 345 g/mol. The molecule has 0 saturated heterocycles. The van der Waals surface area contributed by atoms with Gasteiger partial charge in [0.1, 0.15) is 5.75 Å². The Morgan fingerprint density at radius 2 is 1.75 bits per heavy atom. The zero-order valence-electron chi connectivity index (χ0n) is 14.3. The van der Waals surface area contributed by atoms with Crippen LogP contribution in [0.2, 0.25) is 0 Å². The summed E-state index contributed by atoms with van der Waals surface area (Å²) in [5.41, 5.74) is 2.72. The van der Waals surface area contributed by atoms with Crippen molar-refractivity contribution >= 4 is 10.0 Å². The Morgan fingerprint density at radius 1 is 1.08 bits per heavy atom. The van der Waals surface area contributed by atoms with Crippen LogP contribution in [0.3, 0.4) is 0 Å². The Labute approximate surface area is 144 Å². The Balaban J connectivity index is 1.93. The van der Waals surface area contributed by atoms with Gasteiger partial charge in [-0.15, -0.1) is 0 Å². The highest BCUT2D eigenvalue weighted by Crippen LogP contribution is 2.34. The number of rotatable bonds is 6. The largest absolute Gasteiger partial charge is 0.497 e. The Morgan fingerprint density at radius 3 is 2.33 bits per heavy atom. The van der Waals surface area contributed by atoms with Gasteiger partial charge in [0.15, 0.2) is 0 Å². The molecule has 1 aliphatic carbocycles. The van der Waals surface area contributed by atoms with Gasteiger partial charge in [-0.05, 0) is 61.6 Å². The number of ether oxygens (including phenoxy) is 1. The molecule has 0 radical (unpaired) electrons. The van der Waals surface area contributed by atoms with E-state index in [1.807, 2.05) is 50.2 Å². The van der Waals surface area contributed by atoms with Crippen molar-refractivity contribution in [2.45, 2.75) is 44.2 Å². The van der Waals surface area contributed by atoms with E-state index in [1.54, 1.807) is 17.5 Å². The van der Waals surface area contributed by atoms with Crippen LogP contribution < -0.4 is 4.74 Å². The molecule has 0 heterocycles. The number of benzene rings is 2. The summed E-state index contributed by atoms with van der Waals surface area (Å²) in [6, 6.07) is 13.3. The molecule has 128 valence electrons. The number of hydrogen-bond donors (Lipinski definition) is 0. The van der Waals surface area contributed by atoms with E-state index in [2.05, 4.69) is 0 Å². The predicted octanol–water partition coefficient (Wildman–Crippen LogP) is 3.67. The molecule has 4 nitrogen and oxygen atoms in total. The molecule has 0 aliphatic heterocycles. The van der Waals surface area contributed by atoms with E-state index in [9.17, 15) is 8.42 Å². The van der Waals surface area contributed by atoms with Crippen LogP contribution in [0.5, 0.6) is 5.75 Å². The fourth-order valence-corrected chi connectivity index (χ4v) is 4.78. The minimum absolute atomic E-state index is 0.108. The van der Waals surface area contributed by atoms with Crippen molar-refractivity contribution in [1.82, 2.24) is 4.31 Å². The van der Waals surface area contributed by atoms with Gasteiger partial charge in [0.25, 0.3) is 0 Å². The van der Waals surface area contributed by atoms with E-state index >= 15 is 0 Å². The maximum absolute atomic E-state index is 13.2. The van der Waals surface area contributed by atoms with Crippen molar-refractivity contribution in [2.24, 2.45) is 0 Å². The van der Waals surface area contributed by atoms with Gasteiger partial charge in [-0.1, -0.05) is 24.3 Å². The Kier molecular flexibility index (Phi) is 4.65. The van der Waals surface area contributed by atoms with E-state index in [0.29, 0.717) is 11.4 Å². The van der Waals surface area contributed by atoms with Crippen LogP contribution in [0.4, 0.5) is 0 Å². The molecule has 2 aromatic carbocycles. The monoisotopic (exact) mass is 345 g/mol. The molecule has 0 bridgehead atoms. The zero-order valence-corrected chi connectivity index (χ0v) is 15.1. The summed E-state index contributed by atoms with van der Waals surface area (Å²) in [7, 11) is -1.88. The highest BCUT2D eigenvalue weighted by Gasteiger charge is 2.38. The highest BCUT2D eigenvalue weighted by molar-refractivity contribution is 7.89. The van der Waals surface area contributed by atoms with Crippen molar-refractivity contribution in [1.29, 1.82) is 0 Å². The molecule has 0 amide bonds. The summed E-state index contributed by atoms with van der Waals surface area (Å²) in [5.74, 6) is 0.772. The standard InChI is InChI=1S/C19H23NO3S/c1-14-4-5-15(2)19(12-14)24(21,22)20(17-8-9-17)13-16-6-10-18(23-3)11-7-16/h4-7,10-12,17H,8-9,13H2,1-3H3. The molecule has 5 heteroatoms. The first kappa shape index (κ1) is 17.0. The van der Waals surface area contributed by atoms with E-state index in [4.69, 9.17) is 4.74 Å². The van der Waals surface area contributed by atoms with Crippen molar-refractivity contribution < 1.29 is 13.2 Å². The van der Waals surface area contributed by atoms with Crippen LogP contribution in [0.25, 0.3) is 0 Å². The molecular weight excluding hydrogens is 322 g/mol. The lowest BCUT2D eigenvalue weighted by molar-refractivity contribution is 0.396. The normalized spacial score (nSPS) is 14.8. The summed E-state index contributed by atoms with van der Waals surface area (Å²) >= 11 is 0. The number of aryl methyl sites for hydroxylation is 2. The molecule has 24 heavy (non-hydrogen) atoms. The summed E-state index contributed by atoms with van der Waals surface area (Å²) < 4.78 is 33.2. The van der Waals surface area contributed by atoms with Crippen LogP contribution in [-0.4, -0.2) is 25.9 Å². The third-order valence-electron chi connectivity index (χ3n) is 4.38. The smallest absolute Gasteiger partial charge is 0.243 e. The average Bonchev–Trinajstić information content (AvgIpc) is 3.40. The van der Waals surface area contributed by atoms with E-state index in [0.717, 1.165) is 35.3 Å². The maximum Gasteiger partial charge on any atom is 0.243 e. The second-order valence-corrected chi connectivity index (χ2v) is 8.26. The van der Waals surface area contributed by atoms with Gasteiger partial charge in [-0.25, -0.2) is 8.42 Å². The second kappa shape index (κ2) is 6.57. The van der Waals surface area contributed by atoms with Crippen LogP contribution in [0.15, 0.2) is 47.4 Å². The number of methoxy groups -OCH3 is 1. The van der Waals surface area contributed by atoms with E-state index in [1.165, 1.54) is 0 Å². The van der Waals surface area contributed by atoms with Crippen molar-refractivity contribution in [3.63, 3.8) is 0 Å². The molecule has 0 unspecified atom stereocenters. The van der Waals surface area contributed by atoms with Gasteiger partial charge in [0.2, 0.25) is 10.0 Å². The molecule has 0 atom stereocenters. The van der Waals surface area contributed by atoms with Gasteiger partial charge in [-0.2, -0.15) is 4.31 Å². The molecule has 0 spiro atoms. The third-order valence-corrected chi connectivity index (χ3v) is 6.42. The number of hydrogen-bond acceptors (Lipinski definition) is 3. The first-order chi connectivity index (χ1) is 11.4. The first-order valence-corrected chi connectivity index (χ1v) is 9.58.